The first-order valence-corrected chi connectivity index (χ1v) is 11.8. The first-order chi connectivity index (χ1) is 13.0. The molecule has 0 atom stereocenters. The van der Waals surface area contributed by atoms with Crippen molar-refractivity contribution in [3.63, 3.8) is 0 Å². The van der Waals surface area contributed by atoms with E-state index in [1.54, 1.807) is 0 Å². The molecule has 1 aromatic rings. The molecular formula is C20H33N3O3S. The summed E-state index contributed by atoms with van der Waals surface area (Å²) in [5.41, 5.74) is 1.52. The van der Waals surface area contributed by atoms with E-state index in [-0.39, 0.29) is 17.8 Å². The topological polar surface area (TPSA) is 79.8 Å². The Hall–Kier alpha value is -1.60. The molecule has 152 valence electrons. The van der Waals surface area contributed by atoms with Gasteiger partial charge in [-0.15, -0.1) is 0 Å². The van der Waals surface area contributed by atoms with Crippen molar-refractivity contribution < 1.29 is 13.2 Å². The average molecular weight is 396 g/mol. The molecule has 6 nitrogen and oxygen atoms in total. The van der Waals surface area contributed by atoms with Gasteiger partial charge in [0.25, 0.3) is 0 Å². The van der Waals surface area contributed by atoms with E-state index in [2.05, 4.69) is 41.0 Å². The lowest BCUT2D eigenvalue weighted by atomic mass is 9.79. The molecular weight excluding hydrogens is 362 g/mol. The van der Waals surface area contributed by atoms with Crippen LogP contribution in [0, 0.1) is 0 Å². The van der Waals surface area contributed by atoms with Crippen LogP contribution in [0.25, 0.3) is 0 Å². The van der Waals surface area contributed by atoms with Gasteiger partial charge in [0.15, 0.2) is 5.96 Å². The van der Waals surface area contributed by atoms with Crippen LogP contribution >= 0.6 is 0 Å². The quantitative estimate of drug-likeness (QED) is 0.360. The zero-order valence-corrected chi connectivity index (χ0v) is 17.4. The van der Waals surface area contributed by atoms with E-state index in [1.807, 2.05) is 6.92 Å². The number of hydrogen-bond donors (Lipinski definition) is 2. The Bertz CT molecular complexity index is 684. The van der Waals surface area contributed by atoms with Crippen LogP contribution in [0.1, 0.15) is 38.2 Å². The van der Waals surface area contributed by atoms with Crippen LogP contribution in [-0.2, 0) is 20.0 Å². The van der Waals surface area contributed by atoms with Gasteiger partial charge in [-0.1, -0.05) is 43.2 Å². The Kier molecular flexibility index (Phi) is 8.57. The minimum Gasteiger partial charge on any atom is -0.379 e. The molecule has 0 bridgehead atoms. The van der Waals surface area contributed by atoms with Gasteiger partial charge in [-0.3, -0.25) is 4.99 Å². The summed E-state index contributed by atoms with van der Waals surface area (Å²) in [5.74, 6) is 0.840. The molecule has 1 aliphatic rings. The zero-order valence-electron chi connectivity index (χ0n) is 16.5. The number of guanidine groups is 1. The van der Waals surface area contributed by atoms with Crippen LogP contribution in [0.4, 0.5) is 0 Å². The zero-order chi connectivity index (χ0) is 19.6. The Morgan fingerprint density at radius 2 is 1.85 bits per heavy atom. The molecule has 2 N–H and O–H groups in total. The fourth-order valence-corrected chi connectivity index (χ4v) is 3.93. The van der Waals surface area contributed by atoms with Crippen molar-refractivity contribution in [1.82, 2.24) is 10.6 Å². The van der Waals surface area contributed by atoms with Gasteiger partial charge in [0.05, 0.1) is 25.5 Å². The lowest BCUT2D eigenvalue weighted by Crippen LogP contribution is -2.40. The summed E-state index contributed by atoms with van der Waals surface area (Å²) in [6.45, 7) is 4.87. The second-order valence-electron chi connectivity index (χ2n) is 7.22. The summed E-state index contributed by atoms with van der Waals surface area (Å²) in [5, 5.41) is 6.55. The van der Waals surface area contributed by atoms with E-state index in [4.69, 9.17) is 9.73 Å². The number of aliphatic imine (C=N–C) groups is 1. The molecule has 0 aromatic heterocycles. The van der Waals surface area contributed by atoms with E-state index in [9.17, 15) is 8.42 Å². The van der Waals surface area contributed by atoms with Crippen molar-refractivity contribution in [2.75, 3.05) is 44.9 Å². The third kappa shape index (κ3) is 7.50. The van der Waals surface area contributed by atoms with Crippen molar-refractivity contribution in [2.45, 2.75) is 38.0 Å². The van der Waals surface area contributed by atoms with Gasteiger partial charge in [-0.25, -0.2) is 8.42 Å². The number of rotatable bonds is 10. The highest BCUT2D eigenvalue weighted by atomic mass is 32.2. The molecule has 1 aromatic carbocycles. The highest BCUT2D eigenvalue weighted by molar-refractivity contribution is 7.90. The lowest BCUT2D eigenvalue weighted by Gasteiger charge is -2.28. The fraction of sp³-hybridized carbons (Fsp3) is 0.650. The molecule has 0 heterocycles. The number of nitrogens with zero attached hydrogens (tertiary/aromatic N) is 1. The van der Waals surface area contributed by atoms with Gasteiger partial charge in [-0.05, 0) is 25.3 Å². The van der Waals surface area contributed by atoms with Crippen LogP contribution in [0.3, 0.4) is 0 Å². The smallest absolute Gasteiger partial charge is 0.191 e. The maximum Gasteiger partial charge on any atom is 0.191 e. The fourth-order valence-electron chi connectivity index (χ4n) is 3.51. The van der Waals surface area contributed by atoms with Gasteiger partial charge in [0, 0.05) is 24.8 Å². The van der Waals surface area contributed by atoms with Crippen molar-refractivity contribution in [1.29, 1.82) is 0 Å². The average Bonchev–Trinajstić information content (AvgIpc) is 3.12. The Balaban J connectivity index is 1.88. The minimum atomic E-state index is -2.97. The van der Waals surface area contributed by atoms with Crippen LogP contribution < -0.4 is 10.6 Å². The number of ether oxygens (including phenoxy) is 1. The highest BCUT2D eigenvalue weighted by Crippen LogP contribution is 2.41. The van der Waals surface area contributed by atoms with Gasteiger partial charge in [0.1, 0.15) is 9.84 Å². The first-order valence-electron chi connectivity index (χ1n) is 9.78. The van der Waals surface area contributed by atoms with Crippen molar-refractivity contribution in [3.05, 3.63) is 35.9 Å². The molecule has 1 saturated carbocycles. The van der Waals surface area contributed by atoms with Crippen LogP contribution in [0.2, 0.25) is 0 Å². The summed E-state index contributed by atoms with van der Waals surface area (Å²) in [6.07, 6.45) is 6.07. The summed E-state index contributed by atoms with van der Waals surface area (Å²) in [4.78, 5) is 4.84. The van der Waals surface area contributed by atoms with Crippen LogP contribution in [0.15, 0.2) is 35.3 Å². The number of nitrogens with one attached hydrogen (secondary N) is 2. The Morgan fingerprint density at radius 1 is 1.15 bits per heavy atom. The van der Waals surface area contributed by atoms with Crippen molar-refractivity contribution in [3.8, 4) is 0 Å². The van der Waals surface area contributed by atoms with Gasteiger partial charge in [0.2, 0.25) is 0 Å². The first kappa shape index (κ1) is 21.7. The molecule has 0 spiro atoms. The molecule has 0 saturated heterocycles. The second-order valence-corrected chi connectivity index (χ2v) is 9.48. The second kappa shape index (κ2) is 10.7. The molecule has 27 heavy (non-hydrogen) atoms. The molecule has 1 aliphatic carbocycles. The van der Waals surface area contributed by atoms with Gasteiger partial charge >= 0.3 is 0 Å². The van der Waals surface area contributed by atoms with Gasteiger partial charge < -0.3 is 15.4 Å². The standard InChI is InChI=1S/C20H33N3O3S/c1-3-21-19(22-13-14-26-15-16-27(2,24)25)23-17-20(11-7-8-12-20)18-9-5-4-6-10-18/h4-6,9-10H,3,7-8,11-17H2,1-2H3,(H2,21,22,23). The SMILES string of the molecule is CCNC(=NCC1(c2ccccc2)CCCC1)NCCOCCS(C)(=O)=O. The van der Waals surface area contributed by atoms with E-state index in [1.165, 1.54) is 37.5 Å². The van der Waals surface area contributed by atoms with Crippen molar-refractivity contribution >= 4 is 15.8 Å². The van der Waals surface area contributed by atoms with E-state index in [0.717, 1.165) is 19.0 Å². The summed E-state index contributed by atoms with van der Waals surface area (Å²) >= 11 is 0. The Labute approximate surface area is 163 Å². The summed E-state index contributed by atoms with van der Waals surface area (Å²) in [6, 6.07) is 10.7. The number of hydrogen-bond acceptors (Lipinski definition) is 4. The molecule has 2 rings (SSSR count). The number of benzene rings is 1. The molecule has 7 heteroatoms. The van der Waals surface area contributed by atoms with E-state index >= 15 is 0 Å². The molecule has 1 fully saturated rings. The summed E-state index contributed by atoms with van der Waals surface area (Å²) < 4.78 is 27.6. The summed E-state index contributed by atoms with van der Waals surface area (Å²) in [7, 11) is -2.97. The van der Waals surface area contributed by atoms with Crippen LogP contribution in [-0.4, -0.2) is 59.2 Å². The molecule has 0 aliphatic heterocycles. The third-order valence-electron chi connectivity index (χ3n) is 4.97. The number of sulfone groups is 1. The monoisotopic (exact) mass is 395 g/mol. The maximum absolute atomic E-state index is 11.1. The lowest BCUT2D eigenvalue weighted by molar-refractivity contribution is 0.154. The largest absolute Gasteiger partial charge is 0.379 e. The molecule has 0 radical (unpaired) electrons. The normalized spacial score (nSPS) is 17.0. The third-order valence-corrected chi connectivity index (χ3v) is 5.88. The predicted octanol–water partition coefficient (Wildman–Crippen LogP) is 2.11. The molecule has 0 unspecified atom stereocenters. The van der Waals surface area contributed by atoms with E-state index in [0.29, 0.717) is 13.2 Å². The predicted molar refractivity (Wildman–Crippen MR) is 111 cm³/mol. The van der Waals surface area contributed by atoms with Crippen LogP contribution in [0.5, 0.6) is 0 Å². The Morgan fingerprint density at radius 3 is 2.48 bits per heavy atom. The van der Waals surface area contributed by atoms with Crippen molar-refractivity contribution in [2.24, 2.45) is 4.99 Å². The van der Waals surface area contributed by atoms with Gasteiger partial charge in [-0.2, -0.15) is 0 Å². The molecule has 0 amide bonds. The minimum absolute atomic E-state index is 0.0563. The highest BCUT2D eigenvalue weighted by Gasteiger charge is 2.35. The van der Waals surface area contributed by atoms with E-state index < -0.39 is 9.84 Å². The maximum atomic E-state index is 11.1.